The predicted molar refractivity (Wildman–Crippen MR) is 138 cm³/mol. The van der Waals surface area contributed by atoms with Crippen molar-refractivity contribution in [1.29, 1.82) is 0 Å². The van der Waals surface area contributed by atoms with E-state index in [1.54, 1.807) is 23.1 Å². The predicted octanol–water partition coefficient (Wildman–Crippen LogP) is 4.46. The maximum Gasteiger partial charge on any atom is 0.291 e. The Kier molecular flexibility index (Phi) is 5.83. The lowest BCUT2D eigenvalue weighted by Crippen LogP contribution is -2.53. The number of para-hydroxylation sites is 1. The van der Waals surface area contributed by atoms with E-state index in [0.29, 0.717) is 35.2 Å². The Balaban J connectivity index is 1.79. The third-order valence-corrected chi connectivity index (χ3v) is 7.14. The van der Waals surface area contributed by atoms with Crippen LogP contribution in [0.2, 0.25) is 0 Å². The SMILES string of the molecule is C=CCN1C(=O)[C@]2(c3ccccc31)c1c(oc3cc(C)c(C)cc3c1=O)C(=O)N2CCCOC(C)C. The van der Waals surface area contributed by atoms with Crippen LogP contribution in [-0.4, -0.2) is 42.5 Å². The minimum atomic E-state index is -1.60. The summed E-state index contributed by atoms with van der Waals surface area (Å²) in [6.07, 6.45) is 2.19. The highest BCUT2D eigenvalue weighted by Crippen LogP contribution is 2.52. The molecule has 1 spiro atoms. The van der Waals surface area contributed by atoms with E-state index < -0.39 is 11.4 Å². The second-order valence-corrected chi connectivity index (χ2v) is 9.73. The lowest BCUT2D eigenvalue weighted by Gasteiger charge is -2.34. The van der Waals surface area contributed by atoms with Crippen LogP contribution in [0.3, 0.4) is 0 Å². The van der Waals surface area contributed by atoms with Gasteiger partial charge in [0.2, 0.25) is 5.76 Å². The fraction of sp³-hybridized carbons (Fsp3) is 0.345. The zero-order valence-corrected chi connectivity index (χ0v) is 21.1. The molecule has 7 heteroatoms. The highest BCUT2D eigenvalue weighted by atomic mass is 16.5. The molecule has 0 radical (unpaired) electrons. The molecule has 0 aliphatic carbocycles. The van der Waals surface area contributed by atoms with E-state index in [2.05, 4.69) is 6.58 Å². The van der Waals surface area contributed by atoms with Crippen LogP contribution in [0.1, 0.15) is 53.1 Å². The summed E-state index contributed by atoms with van der Waals surface area (Å²) in [4.78, 5) is 45.5. The monoisotopic (exact) mass is 486 g/mol. The second kappa shape index (κ2) is 8.75. The molecule has 2 amide bonds. The maximum atomic E-state index is 14.3. The van der Waals surface area contributed by atoms with Crippen molar-refractivity contribution in [3.8, 4) is 0 Å². The number of amides is 2. The number of ether oxygens (including phenoxy) is 1. The molecule has 0 unspecified atom stereocenters. The minimum Gasteiger partial charge on any atom is -0.450 e. The Labute approximate surface area is 210 Å². The molecule has 0 fully saturated rings. The van der Waals surface area contributed by atoms with Gasteiger partial charge in [0.1, 0.15) is 5.58 Å². The standard InChI is InChI=1S/C29H30N2O5/c1-6-12-30-22-11-8-7-10-21(22)29(28(30)34)24-25(32)20-15-18(4)19(5)16-23(20)36-26(24)27(33)31(29)13-9-14-35-17(2)3/h6-8,10-11,15-17H,1,9,12-14H2,2-5H3/t29-/m0/s1. The third kappa shape index (κ3) is 3.26. The molecule has 3 heterocycles. The molecule has 1 aromatic heterocycles. The number of carbonyl (C=O) groups excluding carboxylic acids is 2. The van der Waals surface area contributed by atoms with Crippen molar-refractivity contribution in [2.24, 2.45) is 0 Å². The van der Waals surface area contributed by atoms with E-state index in [-0.39, 0.29) is 41.9 Å². The molecule has 0 saturated carbocycles. The van der Waals surface area contributed by atoms with E-state index in [1.165, 1.54) is 4.90 Å². The number of rotatable bonds is 7. The smallest absolute Gasteiger partial charge is 0.291 e. The average Bonchev–Trinajstić information content (AvgIpc) is 3.23. The Bertz CT molecular complexity index is 1470. The molecule has 3 aromatic rings. The lowest BCUT2D eigenvalue weighted by atomic mass is 9.83. The van der Waals surface area contributed by atoms with Crippen molar-refractivity contribution in [2.75, 3.05) is 24.6 Å². The molecular formula is C29H30N2O5. The van der Waals surface area contributed by atoms with Crippen molar-refractivity contribution in [3.05, 3.63) is 87.3 Å². The van der Waals surface area contributed by atoms with Crippen LogP contribution in [0.25, 0.3) is 11.0 Å². The van der Waals surface area contributed by atoms with Gasteiger partial charge in [-0.15, -0.1) is 6.58 Å². The summed E-state index contributed by atoms with van der Waals surface area (Å²) in [5, 5.41) is 0.362. The summed E-state index contributed by atoms with van der Waals surface area (Å²) in [6.45, 7) is 12.4. The van der Waals surface area contributed by atoms with Crippen LogP contribution in [0.4, 0.5) is 5.69 Å². The van der Waals surface area contributed by atoms with Crippen LogP contribution in [0.5, 0.6) is 0 Å². The number of nitrogens with zero attached hydrogens (tertiary/aromatic N) is 2. The fourth-order valence-corrected chi connectivity index (χ4v) is 5.40. The van der Waals surface area contributed by atoms with Gasteiger partial charge in [0.25, 0.3) is 11.8 Å². The fourth-order valence-electron chi connectivity index (χ4n) is 5.40. The van der Waals surface area contributed by atoms with E-state index in [9.17, 15) is 14.4 Å². The van der Waals surface area contributed by atoms with Crippen LogP contribution < -0.4 is 10.3 Å². The summed E-state index contributed by atoms with van der Waals surface area (Å²) in [5.74, 6) is -0.879. The number of anilines is 1. The van der Waals surface area contributed by atoms with Gasteiger partial charge in [0.15, 0.2) is 11.0 Å². The Morgan fingerprint density at radius 3 is 2.56 bits per heavy atom. The second-order valence-electron chi connectivity index (χ2n) is 9.73. The Morgan fingerprint density at radius 1 is 1.11 bits per heavy atom. The average molecular weight is 487 g/mol. The molecule has 2 aliphatic rings. The molecule has 0 bridgehead atoms. The van der Waals surface area contributed by atoms with Crippen LogP contribution in [0.15, 0.2) is 58.3 Å². The number of hydrogen-bond acceptors (Lipinski definition) is 5. The molecule has 36 heavy (non-hydrogen) atoms. The normalized spacial score (nSPS) is 18.6. The van der Waals surface area contributed by atoms with E-state index in [0.717, 1.165) is 11.1 Å². The molecule has 5 rings (SSSR count). The summed E-state index contributed by atoms with van der Waals surface area (Å²) in [7, 11) is 0. The molecule has 186 valence electrons. The van der Waals surface area contributed by atoms with Gasteiger partial charge in [0.05, 0.1) is 22.7 Å². The highest BCUT2D eigenvalue weighted by molar-refractivity contribution is 6.17. The molecule has 2 aromatic carbocycles. The quantitative estimate of drug-likeness (QED) is 0.364. The number of benzene rings is 2. The number of hydrogen-bond donors (Lipinski definition) is 0. The first kappa shape index (κ1) is 24.0. The van der Waals surface area contributed by atoms with Gasteiger partial charge in [-0.2, -0.15) is 0 Å². The summed E-state index contributed by atoms with van der Waals surface area (Å²) in [6, 6.07) is 10.9. The summed E-state index contributed by atoms with van der Waals surface area (Å²) < 4.78 is 11.8. The van der Waals surface area contributed by atoms with E-state index >= 15 is 0 Å². The van der Waals surface area contributed by atoms with Gasteiger partial charge in [-0.05, 0) is 63.4 Å². The van der Waals surface area contributed by atoms with Gasteiger partial charge < -0.3 is 19.0 Å². The minimum absolute atomic E-state index is 0.0439. The van der Waals surface area contributed by atoms with Crippen LogP contribution in [0, 0.1) is 13.8 Å². The van der Waals surface area contributed by atoms with Gasteiger partial charge in [-0.3, -0.25) is 14.4 Å². The van der Waals surface area contributed by atoms with Crippen molar-refractivity contribution in [2.45, 2.75) is 45.8 Å². The summed E-state index contributed by atoms with van der Waals surface area (Å²) >= 11 is 0. The maximum absolute atomic E-state index is 14.3. The zero-order chi connectivity index (χ0) is 25.8. The Morgan fingerprint density at radius 2 is 1.83 bits per heavy atom. The summed E-state index contributed by atoms with van der Waals surface area (Å²) in [5.41, 5.74) is 1.63. The van der Waals surface area contributed by atoms with E-state index in [1.807, 2.05) is 52.0 Å². The van der Waals surface area contributed by atoms with Crippen molar-refractivity contribution in [1.82, 2.24) is 4.90 Å². The first-order valence-electron chi connectivity index (χ1n) is 12.3. The van der Waals surface area contributed by atoms with Crippen LogP contribution in [-0.2, 0) is 15.1 Å². The van der Waals surface area contributed by atoms with Crippen molar-refractivity contribution >= 4 is 28.5 Å². The molecule has 0 saturated heterocycles. The van der Waals surface area contributed by atoms with Crippen molar-refractivity contribution in [3.63, 3.8) is 0 Å². The highest BCUT2D eigenvalue weighted by Gasteiger charge is 2.64. The Hall–Kier alpha value is -3.71. The van der Waals surface area contributed by atoms with Gasteiger partial charge in [0, 0.05) is 25.3 Å². The molecule has 0 N–H and O–H groups in total. The van der Waals surface area contributed by atoms with Crippen molar-refractivity contribution < 1.29 is 18.7 Å². The third-order valence-electron chi connectivity index (χ3n) is 7.14. The molecular weight excluding hydrogens is 456 g/mol. The zero-order valence-electron chi connectivity index (χ0n) is 21.1. The van der Waals surface area contributed by atoms with E-state index in [4.69, 9.17) is 9.15 Å². The topological polar surface area (TPSA) is 80.1 Å². The van der Waals surface area contributed by atoms with Gasteiger partial charge in [-0.25, -0.2) is 0 Å². The molecule has 7 nitrogen and oxygen atoms in total. The first-order valence-corrected chi connectivity index (χ1v) is 12.3. The van der Waals surface area contributed by atoms with Gasteiger partial charge in [-0.1, -0.05) is 24.3 Å². The van der Waals surface area contributed by atoms with Crippen LogP contribution >= 0.6 is 0 Å². The number of aryl methyl sites for hydroxylation is 2. The number of fused-ring (bicyclic) bond motifs is 5. The first-order chi connectivity index (χ1) is 17.2. The molecule has 1 atom stereocenters. The molecule has 2 aliphatic heterocycles. The number of carbonyl (C=O) groups is 2. The lowest BCUT2D eigenvalue weighted by molar-refractivity contribution is -0.126. The van der Waals surface area contributed by atoms with Gasteiger partial charge >= 0.3 is 0 Å². The largest absolute Gasteiger partial charge is 0.450 e.